The molecule has 0 atom stereocenters. The SMILES string of the molecule is Cc1ccc(C)c2[cH-]ccc12.Cc1ccc(C)c2[cH-]ccc12.[Cl][Ti][Cl]. The van der Waals surface area contributed by atoms with Crippen LogP contribution in [0.5, 0.6) is 0 Å². The Labute approximate surface area is 167 Å². The van der Waals surface area contributed by atoms with Gasteiger partial charge in [-0.25, -0.2) is 0 Å². The van der Waals surface area contributed by atoms with E-state index < -0.39 is 17.0 Å². The summed E-state index contributed by atoms with van der Waals surface area (Å²) in [6, 6.07) is 21.7. The van der Waals surface area contributed by atoms with E-state index in [-0.39, 0.29) is 0 Å². The number of aryl methyl sites for hydroxylation is 4. The monoisotopic (exact) mass is 404 g/mol. The zero-order valence-corrected chi connectivity index (χ0v) is 18.1. The van der Waals surface area contributed by atoms with Crippen LogP contribution in [-0.2, 0) is 17.0 Å². The third kappa shape index (κ3) is 4.99. The van der Waals surface area contributed by atoms with Crippen molar-refractivity contribution in [3.05, 3.63) is 82.9 Å². The minimum atomic E-state index is -0.556. The van der Waals surface area contributed by atoms with Crippen molar-refractivity contribution < 1.29 is 17.0 Å². The summed E-state index contributed by atoms with van der Waals surface area (Å²) in [5, 5.41) is 5.57. The first-order chi connectivity index (χ1) is 12.0. The summed E-state index contributed by atoms with van der Waals surface area (Å²) in [7, 11) is 9.78. The molecular weight excluding hydrogens is 383 g/mol. The summed E-state index contributed by atoms with van der Waals surface area (Å²) in [6.45, 7) is 8.62. The zero-order chi connectivity index (χ0) is 18.4. The van der Waals surface area contributed by atoms with Crippen molar-refractivity contribution in [3.63, 3.8) is 0 Å². The molecule has 0 unspecified atom stereocenters. The van der Waals surface area contributed by atoms with E-state index in [1.54, 1.807) is 0 Å². The summed E-state index contributed by atoms with van der Waals surface area (Å²) in [5.74, 6) is 0. The van der Waals surface area contributed by atoms with Gasteiger partial charge in [0.1, 0.15) is 0 Å². The Morgan fingerprint density at radius 2 is 0.920 bits per heavy atom. The van der Waals surface area contributed by atoms with E-state index in [1.807, 2.05) is 0 Å². The molecule has 4 aromatic carbocycles. The van der Waals surface area contributed by atoms with Gasteiger partial charge in [-0.15, -0.1) is 56.9 Å². The Morgan fingerprint density at radius 3 is 1.24 bits per heavy atom. The molecule has 0 aliphatic rings. The fourth-order valence-electron chi connectivity index (χ4n) is 3.07. The van der Waals surface area contributed by atoms with Crippen LogP contribution < -0.4 is 0 Å². The third-order valence-corrected chi connectivity index (χ3v) is 4.50. The van der Waals surface area contributed by atoms with Crippen LogP contribution >= 0.6 is 18.6 Å². The average Bonchev–Trinajstić information content (AvgIpc) is 3.26. The van der Waals surface area contributed by atoms with Crippen LogP contribution in [0.15, 0.2) is 60.7 Å². The number of halogens is 2. The molecule has 0 bridgehead atoms. The molecule has 0 nitrogen and oxygen atoms in total. The Bertz CT molecular complexity index is 797. The van der Waals surface area contributed by atoms with Crippen molar-refractivity contribution in [2.45, 2.75) is 27.7 Å². The van der Waals surface area contributed by atoms with Crippen LogP contribution in [0, 0.1) is 27.7 Å². The number of hydrogen-bond donors (Lipinski definition) is 0. The molecule has 4 rings (SSSR count). The molecule has 0 saturated heterocycles. The van der Waals surface area contributed by atoms with E-state index in [1.165, 1.54) is 43.8 Å². The van der Waals surface area contributed by atoms with Gasteiger partial charge in [-0.2, -0.15) is 24.3 Å². The second-order valence-corrected chi connectivity index (χ2v) is 8.76. The second-order valence-electron chi connectivity index (χ2n) is 6.18. The standard InChI is InChI=1S/2C11H11.2ClH.Ti/c2*1-8-6-7-9(2)11-5-3-4-10(8)11;;;/h2*3-7H,1-2H3;2*1H;/q2*-1;;;+2/p-2. The quantitative estimate of drug-likeness (QED) is 0.208. The molecule has 0 saturated carbocycles. The first-order valence-corrected chi connectivity index (χ1v) is 12.5. The van der Waals surface area contributed by atoms with Crippen molar-refractivity contribution in [3.8, 4) is 0 Å². The second kappa shape index (κ2) is 9.60. The van der Waals surface area contributed by atoms with Gasteiger partial charge in [0.05, 0.1) is 0 Å². The van der Waals surface area contributed by atoms with Crippen molar-refractivity contribution in [1.82, 2.24) is 0 Å². The van der Waals surface area contributed by atoms with Gasteiger partial charge < -0.3 is 0 Å². The molecule has 0 spiro atoms. The molecule has 0 N–H and O–H groups in total. The van der Waals surface area contributed by atoms with Crippen molar-refractivity contribution in [2.75, 3.05) is 0 Å². The third-order valence-electron chi connectivity index (χ3n) is 4.50. The van der Waals surface area contributed by atoms with Gasteiger partial charge in [0.15, 0.2) is 0 Å². The summed E-state index contributed by atoms with van der Waals surface area (Å²) in [6.07, 6.45) is 0. The van der Waals surface area contributed by atoms with Crippen LogP contribution in [0.1, 0.15) is 22.3 Å². The Kier molecular flexibility index (Phi) is 7.78. The van der Waals surface area contributed by atoms with Crippen molar-refractivity contribution >= 4 is 40.2 Å². The Balaban J connectivity index is 0.000000156. The maximum absolute atomic E-state index is 4.89. The maximum atomic E-state index is 4.89. The van der Waals surface area contributed by atoms with Gasteiger partial charge in [-0.3, -0.25) is 0 Å². The van der Waals surface area contributed by atoms with Gasteiger partial charge >= 0.3 is 35.6 Å². The van der Waals surface area contributed by atoms with E-state index in [2.05, 4.69) is 88.4 Å². The van der Waals surface area contributed by atoms with Gasteiger partial charge in [-0.1, -0.05) is 37.1 Å². The van der Waals surface area contributed by atoms with E-state index in [9.17, 15) is 0 Å². The first-order valence-electron chi connectivity index (χ1n) is 8.19. The van der Waals surface area contributed by atoms with Crippen LogP contribution in [0.3, 0.4) is 0 Å². The zero-order valence-electron chi connectivity index (χ0n) is 15.0. The van der Waals surface area contributed by atoms with Crippen LogP contribution in [-0.4, -0.2) is 0 Å². The number of fused-ring (bicyclic) bond motifs is 2. The predicted molar refractivity (Wildman–Crippen MR) is 110 cm³/mol. The first kappa shape index (κ1) is 20.3. The molecule has 0 aromatic heterocycles. The van der Waals surface area contributed by atoms with Gasteiger partial charge in [-0.05, 0) is 13.8 Å². The summed E-state index contributed by atoms with van der Waals surface area (Å²) >= 11 is -0.556. The molecule has 0 fully saturated rings. The Hall–Kier alpha value is -1.05. The summed E-state index contributed by atoms with van der Waals surface area (Å²) < 4.78 is 0. The minimum absolute atomic E-state index is 0.556. The van der Waals surface area contributed by atoms with Crippen LogP contribution in [0.4, 0.5) is 0 Å². The molecular formula is C22H22Cl2Ti-2. The van der Waals surface area contributed by atoms with Crippen LogP contribution in [0.2, 0.25) is 0 Å². The van der Waals surface area contributed by atoms with E-state index in [0.717, 1.165) is 0 Å². The number of hydrogen-bond acceptors (Lipinski definition) is 0. The molecule has 25 heavy (non-hydrogen) atoms. The van der Waals surface area contributed by atoms with Crippen molar-refractivity contribution in [1.29, 1.82) is 0 Å². The van der Waals surface area contributed by atoms with E-state index in [0.29, 0.717) is 0 Å². The van der Waals surface area contributed by atoms with Gasteiger partial charge in [0, 0.05) is 0 Å². The van der Waals surface area contributed by atoms with Crippen molar-refractivity contribution in [2.24, 2.45) is 0 Å². The van der Waals surface area contributed by atoms with E-state index in [4.69, 9.17) is 18.6 Å². The topological polar surface area (TPSA) is 0 Å². The van der Waals surface area contributed by atoms with Crippen LogP contribution in [0.25, 0.3) is 21.5 Å². The Morgan fingerprint density at radius 1 is 0.600 bits per heavy atom. The fraction of sp³-hybridized carbons (Fsp3) is 0.182. The number of benzene rings is 2. The molecule has 0 radical (unpaired) electrons. The predicted octanol–water partition coefficient (Wildman–Crippen LogP) is 7.73. The van der Waals surface area contributed by atoms with Gasteiger partial charge in [0.25, 0.3) is 0 Å². The summed E-state index contributed by atoms with van der Waals surface area (Å²) in [5.41, 5.74) is 5.48. The normalized spacial score (nSPS) is 10.0. The molecule has 4 aromatic rings. The molecule has 0 aliphatic carbocycles. The molecule has 0 aliphatic heterocycles. The fourth-order valence-corrected chi connectivity index (χ4v) is 3.07. The molecule has 0 amide bonds. The molecule has 3 heteroatoms. The average molecular weight is 405 g/mol. The molecule has 130 valence electrons. The summed E-state index contributed by atoms with van der Waals surface area (Å²) in [4.78, 5) is 0. The molecule has 0 heterocycles. The van der Waals surface area contributed by atoms with E-state index >= 15 is 0 Å². The van der Waals surface area contributed by atoms with Gasteiger partial charge in [0.2, 0.25) is 0 Å². The number of rotatable bonds is 0.